The first kappa shape index (κ1) is 55.8. The minimum Gasteiger partial charge on any atom is -0.416 e. The monoisotopic (exact) mass is 932 g/mol. The molecule has 0 aromatic rings. The Bertz CT molecular complexity index is 1790. The molecule has 0 spiro atoms. The van der Waals surface area contributed by atoms with Crippen molar-refractivity contribution < 1.29 is 16.5 Å². The highest BCUT2D eigenvalue weighted by Crippen LogP contribution is 2.39. The fourth-order valence-electron chi connectivity index (χ4n) is 6.76. The van der Waals surface area contributed by atoms with E-state index in [4.69, 9.17) is 58.6 Å². The number of hydrogen-bond acceptors (Lipinski definition) is 16. The fraction of sp³-hybridized carbons (Fsp3) is 0.455. The van der Waals surface area contributed by atoms with Gasteiger partial charge in [0.2, 0.25) is 0 Å². The molecule has 0 aromatic heterocycles. The fourth-order valence-corrected chi connectivity index (χ4v) is 30.0. The number of nitriles is 8. The van der Waals surface area contributed by atoms with Crippen LogP contribution < -0.4 is 0 Å². The van der Waals surface area contributed by atoms with Gasteiger partial charge >= 0.3 is 34.2 Å². The van der Waals surface area contributed by atoms with Crippen molar-refractivity contribution >= 4 is 34.2 Å². The van der Waals surface area contributed by atoms with Crippen LogP contribution in [0.4, 0.5) is 0 Å². The average Bonchev–Trinajstić information content (AvgIpc) is 3.23. The van der Waals surface area contributed by atoms with Crippen LogP contribution in [0.5, 0.6) is 0 Å². The Balaban J connectivity index is 3.57. The Kier molecular flexibility index (Phi) is 25.4. The number of nitrogens with zero attached hydrogens (tertiary/aromatic N) is 12. The molecule has 0 aliphatic carbocycles. The van der Waals surface area contributed by atoms with Crippen LogP contribution in [-0.4, -0.2) is 108 Å². The summed E-state index contributed by atoms with van der Waals surface area (Å²) in [6.45, 7) is 11.1. The van der Waals surface area contributed by atoms with Crippen molar-refractivity contribution in [2.75, 3.05) is 54.4 Å². The largest absolute Gasteiger partial charge is 0.416 e. The van der Waals surface area contributed by atoms with Crippen molar-refractivity contribution in [3.63, 3.8) is 0 Å². The summed E-state index contributed by atoms with van der Waals surface area (Å²) in [4.78, 5) is 7.97. The SMILES string of the molecule is CN(C=CC=C(C#N)C#N)CCC[Si]1(C)O[Si](C)(CCCN(C)C=CC=C(C#N)C#N)O[Si](C)(CCCN(C)C=CC=C(C#N)C#N)O[Si](C)(CCCN(C)C=CC=C(C#N)C#N)O1. The Morgan fingerprint density at radius 2 is 0.531 bits per heavy atom. The van der Waals surface area contributed by atoms with Gasteiger partial charge in [-0.15, -0.1) is 0 Å². The van der Waals surface area contributed by atoms with Crippen LogP contribution >= 0.6 is 0 Å². The summed E-state index contributed by atoms with van der Waals surface area (Å²) in [7, 11) is -4.34. The van der Waals surface area contributed by atoms with E-state index in [-0.39, 0.29) is 22.3 Å². The highest BCUT2D eigenvalue weighted by atomic mass is 28.5. The maximum absolute atomic E-state index is 9.09. The normalized spacial score (nSPS) is 21.5. The van der Waals surface area contributed by atoms with Gasteiger partial charge in [-0.2, -0.15) is 42.1 Å². The van der Waals surface area contributed by atoms with Crippen molar-refractivity contribution in [3.8, 4) is 48.6 Å². The van der Waals surface area contributed by atoms with E-state index >= 15 is 0 Å². The maximum atomic E-state index is 9.09. The molecule has 16 nitrogen and oxygen atoms in total. The zero-order valence-electron chi connectivity index (χ0n) is 38.4. The summed E-state index contributed by atoms with van der Waals surface area (Å²) in [6, 6.07) is 17.5. The smallest absolute Gasteiger partial charge is 0.317 e. The van der Waals surface area contributed by atoms with E-state index in [9.17, 15) is 0 Å². The first-order chi connectivity index (χ1) is 30.4. The molecule has 0 N–H and O–H groups in total. The van der Waals surface area contributed by atoms with Crippen molar-refractivity contribution in [1.29, 1.82) is 42.1 Å². The molecule has 0 amide bonds. The standard InChI is InChI=1S/C44H60N12O4Si4/c1-53(21-9-17-41(33-45)34-46)25-13-29-61(5)57-62(6,30-14-26-54(2)22-10-18-42(35-47)36-48)59-64(8,32-16-28-56(4)24-12-20-44(39-51)40-52)60-63(7,58-61)31-15-27-55(3)23-11-19-43(37-49)38-50/h9-12,17-24H,13-16,25-32H2,1-8H3. The van der Waals surface area contributed by atoms with E-state index in [0.717, 1.165) is 25.7 Å². The van der Waals surface area contributed by atoms with Crippen LogP contribution in [0, 0.1) is 90.6 Å². The zero-order valence-corrected chi connectivity index (χ0v) is 42.4. The van der Waals surface area contributed by atoms with Gasteiger partial charge in [0.1, 0.15) is 70.8 Å². The number of rotatable bonds is 24. The third-order valence-electron chi connectivity index (χ3n) is 9.67. The molecule has 1 aliphatic heterocycles. The summed E-state index contributed by atoms with van der Waals surface area (Å²) in [5, 5.41) is 72.7. The third-order valence-corrected chi connectivity index (χ3v) is 28.5. The van der Waals surface area contributed by atoms with Crippen molar-refractivity contribution in [3.05, 3.63) is 95.7 Å². The van der Waals surface area contributed by atoms with Crippen LogP contribution in [0.3, 0.4) is 0 Å². The number of allylic oxidation sites excluding steroid dienone is 12. The topological polar surface area (TPSA) is 240 Å². The van der Waals surface area contributed by atoms with Crippen LogP contribution in [0.15, 0.2) is 95.7 Å². The summed E-state index contributed by atoms with van der Waals surface area (Å²) >= 11 is 0. The lowest BCUT2D eigenvalue weighted by atomic mass is 10.3. The Morgan fingerprint density at radius 1 is 0.359 bits per heavy atom. The minimum atomic E-state index is -3.01. The average molecular weight is 933 g/mol. The third kappa shape index (κ3) is 22.7. The van der Waals surface area contributed by atoms with Gasteiger partial charge in [-0.3, -0.25) is 0 Å². The predicted octanol–water partition coefficient (Wildman–Crippen LogP) is 7.59. The summed E-state index contributed by atoms with van der Waals surface area (Å²) < 4.78 is 29.5. The number of hydrogen-bond donors (Lipinski definition) is 0. The Hall–Kier alpha value is -6.25. The van der Waals surface area contributed by atoms with E-state index < -0.39 is 34.2 Å². The first-order valence-electron chi connectivity index (χ1n) is 20.7. The highest BCUT2D eigenvalue weighted by Gasteiger charge is 2.56. The summed E-state index contributed by atoms with van der Waals surface area (Å²) in [5.41, 5.74) is 0.0767. The van der Waals surface area contributed by atoms with E-state index in [1.165, 1.54) is 24.3 Å². The molecule has 1 rings (SSSR count). The lowest BCUT2D eigenvalue weighted by Gasteiger charge is -2.50. The zero-order chi connectivity index (χ0) is 48.1. The molecule has 1 fully saturated rings. The van der Waals surface area contributed by atoms with E-state index in [0.29, 0.717) is 50.4 Å². The van der Waals surface area contributed by atoms with Crippen LogP contribution in [-0.2, 0) is 16.5 Å². The molecule has 0 saturated carbocycles. The van der Waals surface area contributed by atoms with Gasteiger partial charge in [0.05, 0.1) is 0 Å². The van der Waals surface area contributed by atoms with E-state index in [1.54, 1.807) is 24.3 Å². The molecule has 336 valence electrons. The summed E-state index contributed by atoms with van der Waals surface area (Å²) in [5.74, 6) is 0. The molecule has 1 aliphatic rings. The molecule has 20 heteroatoms. The van der Waals surface area contributed by atoms with Crippen molar-refractivity contribution in [1.82, 2.24) is 19.6 Å². The van der Waals surface area contributed by atoms with Gasteiger partial charge in [0.15, 0.2) is 0 Å². The van der Waals surface area contributed by atoms with E-state index in [1.807, 2.05) is 121 Å². The summed E-state index contributed by atoms with van der Waals surface area (Å²) in [6.07, 6.45) is 22.9. The second-order valence-electron chi connectivity index (χ2n) is 15.9. The molecule has 0 atom stereocenters. The quantitative estimate of drug-likeness (QED) is 0.0514. The molecular formula is C44H60N12O4Si4. The molecule has 0 bridgehead atoms. The maximum Gasteiger partial charge on any atom is 0.317 e. The van der Waals surface area contributed by atoms with Gasteiger partial charge in [-0.25, -0.2) is 0 Å². The van der Waals surface area contributed by atoms with Gasteiger partial charge in [0, 0.05) is 54.4 Å². The molecular weight excluding hydrogens is 873 g/mol. The molecule has 0 aromatic carbocycles. The van der Waals surface area contributed by atoms with Crippen LogP contribution in [0.25, 0.3) is 0 Å². The van der Waals surface area contributed by atoms with Crippen LogP contribution in [0.2, 0.25) is 50.4 Å². The van der Waals surface area contributed by atoms with Gasteiger partial charge < -0.3 is 36.1 Å². The Morgan fingerprint density at radius 3 is 0.688 bits per heavy atom. The first-order valence-corrected chi connectivity index (χ1v) is 30.8. The second-order valence-corrected chi connectivity index (χ2v) is 30.2. The highest BCUT2D eigenvalue weighted by molar-refractivity contribution is 6.93. The molecule has 1 saturated heterocycles. The van der Waals surface area contributed by atoms with Crippen molar-refractivity contribution in [2.24, 2.45) is 0 Å². The molecule has 0 radical (unpaired) electrons. The minimum absolute atomic E-state index is 0.0192. The predicted molar refractivity (Wildman–Crippen MR) is 253 cm³/mol. The van der Waals surface area contributed by atoms with E-state index in [2.05, 4.69) is 26.2 Å². The molecule has 1 heterocycles. The Labute approximate surface area is 385 Å². The van der Waals surface area contributed by atoms with Gasteiger partial charge in [-0.1, -0.05) is 0 Å². The molecule has 64 heavy (non-hydrogen) atoms. The van der Waals surface area contributed by atoms with Crippen molar-refractivity contribution in [2.45, 2.75) is 76.0 Å². The van der Waals surface area contributed by atoms with Gasteiger partial charge in [0.25, 0.3) is 0 Å². The lowest BCUT2D eigenvalue weighted by Crippen LogP contribution is -2.67. The molecule has 0 unspecified atom stereocenters. The second kappa shape index (κ2) is 29.2. The van der Waals surface area contributed by atoms with Crippen LogP contribution in [0.1, 0.15) is 25.7 Å². The van der Waals surface area contributed by atoms with Gasteiger partial charge in [-0.05, 0) is 149 Å². The lowest BCUT2D eigenvalue weighted by molar-refractivity contribution is 0.218.